The molecule has 108 valence electrons. The predicted octanol–water partition coefficient (Wildman–Crippen LogP) is 1.78. The van der Waals surface area contributed by atoms with Crippen molar-refractivity contribution in [3.8, 4) is 0 Å². The summed E-state index contributed by atoms with van der Waals surface area (Å²) in [5, 5.41) is 0. The molecule has 1 atom stereocenters. The fourth-order valence-corrected chi connectivity index (χ4v) is 1.30. The lowest BCUT2D eigenvalue weighted by Gasteiger charge is -2.14. The lowest BCUT2D eigenvalue weighted by Crippen LogP contribution is -2.32. The third-order valence-corrected chi connectivity index (χ3v) is 2.14. The third kappa shape index (κ3) is 5.48. The van der Waals surface area contributed by atoms with Crippen LogP contribution in [0.4, 0.5) is 17.6 Å². The first-order chi connectivity index (χ1) is 8.81. The summed E-state index contributed by atoms with van der Waals surface area (Å²) in [6.07, 6.45) is -1.81. The van der Waals surface area contributed by atoms with Crippen LogP contribution >= 0.6 is 0 Å². The summed E-state index contributed by atoms with van der Waals surface area (Å²) in [5.74, 6) is -4.01. The van der Waals surface area contributed by atoms with Gasteiger partial charge in [0, 0.05) is 24.4 Å². The minimum atomic E-state index is -4.16. The van der Waals surface area contributed by atoms with E-state index in [1.54, 1.807) is 13.0 Å². The molecule has 1 unspecified atom stereocenters. The van der Waals surface area contributed by atoms with Crippen LogP contribution in [0.5, 0.6) is 0 Å². The molecule has 4 nitrogen and oxygen atoms in total. The van der Waals surface area contributed by atoms with E-state index in [9.17, 15) is 17.6 Å². The van der Waals surface area contributed by atoms with Gasteiger partial charge in [0.15, 0.2) is 5.82 Å². The van der Waals surface area contributed by atoms with E-state index in [0.717, 1.165) is 0 Å². The smallest absolute Gasteiger partial charge is 0.330 e. The maximum Gasteiger partial charge on any atom is 0.330 e. The van der Waals surface area contributed by atoms with Gasteiger partial charge in [-0.15, -0.1) is 0 Å². The lowest BCUT2D eigenvalue weighted by molar-refractivity contribution is -0.168. The quantitative estimate of drug-likeness (QED) is 0.774. The Morgan fingerprint density at radius 2 is 2.11 bits per heavy atom. The van der Waals surface area contributed by atoms with Gasteiger partial charge in [-0.2, -0.15) is 8.78 Å². The number of ether oxygens (including phenoxy) is 1. The monoisotopic (exact) mass is 281 g/mol. The van der Waals surface area contributed by atoms with E-state index in [2.05, 4.69) is 14.7 Å². The highest BCUT2D eigenvalue weighted by Gasteiger charge is 2.40. The fraction of sp³-hybridized carbons (Fsp3) is 0.636. The number of aromatic nitrogens is 2. The molecule has 1 aromatic heterocycles. The lowest BCUT2D eigenvalue weighted by atomic mass is 10.2. The Morgan fingerprint density at radius 3 is 2.68 bits per heavy atom. The number of hydrogen-bond acceptors (Lipinski definition) is 4. The Balaban J connectivity index is 2.50. The van der Waals surface area contributed by atoms with Crippen molar-refractivity contribution in [2.24, 2.45) is 5.73 Å². The van der Waals surface area contributed by atoms with Crippen LogP contribution in [0.25, 0.3) is 0 Å². The summed E-state index contributed by atoms with van der Waals surface area (Å²) in [5.41, 5.74) is 6.23. The van der Waals surface area contributed by atoms with E-state index in [1.807, 2.05) is 0 Å². The first-order valence-corrected chi connectivity index (χ1v) is 5.61. The minimum Gasteiger partial charge on any atom is -0.367 e. The van der Waals surface area contributed by atoms with Gasteiger partial charge < -0.3 is 10.5 Å². The van der Waals surface area contributed by atoms with Crippen molar-refractivity contribution in [1.82, 2.24) is 9.97 Å². The highest BCUT2D eigenvalue weighted by atomic mass is 19.3. The molecular weight excluding hydrogens is 266 g/mol. The molecule has 2 N–H and O–H groups in total. The molecule has 0 aliphatic rings. The van der Waals surface area contributed by atoms with Crippen molar-refractivity contribution in [1.29, 1.82) is 0 Å². The standard InChI is InChI=1S/C11H15F4N3O/c1-7(16)4-8-2-3-17-9(18-8)5-19-6-11(14,15)10(12)13/h2-3,7,10H,4-6,16H2,1H3. The Labute approximate surface area is 108 Å². The van der Waals surface area contributed by atoms with Crippen molar-refractivity contribution in [3.63, 3.8) is 0 Å². The van der Waals surface area contributed by atoms with E-state index >= 15 is 0 Å². The van der Waals surface area contributed by atoms with Crippen LogP contribution in [0.15, 0.2) is 12.3 Å². The van der Waals surface area contributed by atoms with Crippen LogP contribution in [0.1, 0.15) is 18.4 Å². The number of rotatable bonds is 7. The molecule has 1 heterocycles. The van der Waals surface area contributed by atoms with Gasteiger partial charge in [-0.3, -0.25) is 0 Å². The maximum atomic E-state index is 12.6. The van der Waals surface area contributed by atoms with Gasteiger partial charge in [-0.1, -0.05) is 0 Å². The van der Waals surface area contributed by atoms with Crippen LogP contribution in [0.2, 0.25) is 0 Å². The van der Waals surface area contributed by atoms with Gasteiger partial charge in [0.1, 0.15) is 13.2 Å². The molecule has 1 aromatic rings. The predicted molar refractivity (Wildman–Crippen MR) is 60.0 cm³/mol. The zero-order chi connectivity index (χ0) is 14.5. The van der Waals surface area contributed by atoms with Crippen LogP contribution < -0.4 is 5.73 Å². The van der Waals surface area contributed by atoms with E-state index in [0.29, 0.717) is 12.1 Å². The SMILES string of the molecule is CC(N)Cc1ccnc(COCC(F)(F)C(F)F)n1. The maximum absolute atomic E-state index is 12.6. The number of hydrogen-bond donors (Lipinski definition) is 1. The number of alkyl halides is 4. The van der Waals surface area contributed by atoms with Gasteiger partial charge in [0.2, 0.25) is 0 Å². The topological polar surface area (TPSA) is 61.0 Å². The van der Waals surface area contributed by atoms with Crippen molar-refractivity contribution < 1.29 is 22.3 Å². The average Bonchev–Trinajstić information content (AvgIpc) is 2.28. The highest BCUT2D eigenvalue weighted by Crippen LogP contribution is 2.23. The zero-order valence-electron chi connectivity index (χ0n) is 10.3. The Morgan fingerprint density at radius 1 is 1.42 bits per heavy atom. The van der Waals surface area contributed by atoms with Gasteiger partial charge in [-0.05, 0) is 13.0 Å². The number of nitrogens with two attached hydrogens (primary N) is 1. The van der Waals surface area contributed by atoms with Gasteiger partial charge in [-0.25, -0.2) is 18.7 Å². The van der Waals surface area contributed by atoms with E-state index in [-0.39, 0.29) is 18.5 Å². The molecule has 0 amide bonds. The number of nitrogens with zero attached hydrogens (tertiary/aromatic N) is 2. The summed E-state index contributed by atoms with van der Waals surface area (Å²) in [7, 11) is 0. The molecule has 1 rings (SSSR count). The second-order valence-corrected chi connectivity index (χ2v) is 4.20. The molecule has 0 saturated heterocycles. The number of halogens is 4. The fourth-order valence-electron chi connectivity index (χ4n) is 1.30. The molecule has 0 aromatic carbocycles. The Bertz CT molecular complexity index is 401. The van der Waals surface area contributed by atoms with E-state index in [1.165, 1.54) is 6.20 Å². The highest BCUT2D eigenvalue weighted by molar-refractivity contribution is 5.03. The van der Waals surface area contributed by atoms with Gasteiger partial charge >= 0.3 is 12.3 Å². The molecule has 0 bridgehead atoms. The normalized spacial score (nSPS) is 13.8. The molecule has 0 radical (unpaired) electrons. The molecule has 0 spiro atoms. The van der Waals surface area contributed by atoms with Crippen LogP contribution in [0.3, 0.4) is 0 Å². The molecular formula is C11H15F4N3O. The molecule has 0 fully saturated rings. The Kier molecular flexibility index (Phi) is 5.61. The zero-order valence-corrected chi connectivity index (χ0v) is 10.3. The molecule has 19 heavy (non-hydrogen) atoms. The van der Waals surface area contributed by atoms with E-state index < -0.39 is 19.0 Å². The van der Waals surface area contributed by atoms with Crippen molar-refractivity contribution >= 4 is 0 Å². The summed E-state index contributed by atoms with van der Waals surface area (Å²) in [4.78, 5) is 7.83. The minimum absolute atomic E-state index is 0.105. The molecule has 0 aliphatic heterocycles. The first-order valence-electron chi connectivity index (χ1n) is 5.61. The van der Waals surface area contributed by atoms with Crippen LogP contribution in [0, 0.1) is 0 Å². The summed E-state index contributed by atoms with van der Waals surface area (Å²) >= 11 is 0. The van der Waals surface area contributed by atoms with Crippen molar-refractivity contribution in [2.45, 2.75) is 38.3 Å². The molecule has 0 aliphatic carbocycles. The van der Waals surface area contributed by atoms with Crippen LogP contribution in [-0.4, -0.2) is 35.0 Å². The van der Waals surface area contributed by atoms with Crippen molar-refractivity contribution in [2.75, 3.05) is 6.61 Å². The average molecular weight is 281 g/mol. The summed E-state index contributed by atoms with van der Waals surface area (Å²) in [6, 6.07) is 1.53. The van der Waals surface area contributed by atoms with Gasteiger partial charge in [0.05, 0.1) is 0 Å². The van der Waals surface area contributed by atoms with E-state index in [4.69, 9.17) is 5.73 Å². The largest absolute Gasteiger partial charge is 0.367 e. The second-order valence-electron chi connectivity index (χ2n) is 4.20. The summed E-state index contributed by atoms with van der Waals surface area (Å²) < 4.78 is 53.4. The Hall–Kier alpha value is -1.28. The first kappa shape index (κ1) is 15.8. The molecule has 0 saturated carbocycles. The second kappa shape index (κ2) is 6.76. The molecule has 8 heteroatoms. The van der Waals surface area contributed by atoms with Crippen molar-refractivity contribution in [3.05, 3.63) is 23.8 Å². The third-order valence-electron chi connectivity index (χ3n) is 2.14. The summed E-state index contributed by atoms with van der Waals surface area (Å²) in [6.45, 7) is 0.0715. The van der Waals surface area contributed by atoms with Crippen LogP contribution in [-0.2, 0) is 17.8 Å². The van der Waals surface area contributed by atoms with Gasteiger partial charge in [0.25, 0.3) is 0 Å².